The average Bonchev–Trinajstić information content (AvgIpc) is 2.59. The van der Waals surface area contributed by atoms with Crippen LogP contribution in [-0.4, -0.2) is 15.5 Å². The molecule has 0 fully saturated rings. The third kappa shape index (κ3) is 3.50. The van der Waals surface area contributed by atoms with Gasteiger partial charge in [0.15, 0.2) is 0 Å². The van der Waals surface area contributed by atoms with Gasteiger partial charge in [-0.25, -0.2) is 9.18 Å². The minimum absolute atomic E-state index is 0.145. The zero-order chi connectivity index (χ0) is 18.0. The number of fused-ring (bicyclic) bond motifs is 1. The summed E-state index contributed by atoms with van der Waals surface area (Å²) < 4.78 is 14.7. The number of aromatic nitrogens is 2. The van der Waals surface area contributed by atoms with E-state index in [9.17, 15) is 18.8 Å². The van der Waals surface area contributed by atoms with Crippen molar-refractivity contribution in [1.29, 1.82) is 0 Å². The second-order valence-electron chi connectivity index (χ2n) is 5.72. The third-order valence-corrected chi connectivity index (χ3v) is 3.93. The second kappa shape index (κ2) is 6.72. The van der Waals surface area contributed by atoms with Crippen LogP contribution in [-0.2, 0) is 17.9 Å². The third-order valence-electron chi connectivity index (χ3n) is 3.93. The van der Waals surface area contributed by atoms with Crippen molar-refractivity contribution in [2.24, 2.45) is 0 Å². The lowest BCUT2D eigenvalue weighted by Crippen LogP contribution is -2.36. The molecule has 2 N–H and O–H groups in total. The minimum Gasteiger partial charge on any atom is -0.350 e. The molecule has 1 aromatic heterocycles. The van der Waals surface area contributed by atoms with Gasteiger partial charge >= 0.3 is 5.69 Å². The van der Waals surface area contributed by atoms with Gasteiger partial charge in [0, 0.05) is 6.54 Å². The van der Waals surface area contributed by atoms with Crippen molar-refractivity contribution in [3.63, 3.8) is 0 Å². The number of aryl methyl sites for hydroxylation is 1. The summed E-state index contributed by atoms with van der Waals surface area (Å²) in [4.78, 5) is 38.2. The van der Waals surface area contributed by atoms with Crippen LogP contribution in [0, 0.1) is 12.7 Å². The second-order valence-corrected chi connectivity index (χ2v) is 5.72. The fraction of sp³-hybridized carbons (Fsp3) is 0.167. The molecule has 0 bridgehead atoms. The Morgan fingerprint density at radius 2 is 1.96 bits per heavy atom. The van der Waals surface area contributed by atoms with Crippen LogP contribution in [0.2, 0.25) is 0 Å². The molecule has 0 saturated carbocycles. The number of amides is 1. The predicted molar refractivity (Wildman–Crippen MR) is 91.8 cm³/mol. The molecule has 0 atom stereocenters. The van der Waals surface area contributed by atoms with Crippen molar-refractivity contribution < 1.29 is 9.18 Å². The van der Waals surface area contributed by atoms with E-state index in [0.717, 1.165) is 0 Å². The zero-order valence-electron chi connectivity index (χ0n) is 13.5. The molecule has 0 saturated heterocycles. The number of para-hydroxylation sites is 1. The quantitative estimate of drug-likeness (QED) is 0.753. The Bertz CT molecular complexity index is 1070. The van der Waals surface area contributed by atoms with Crippen LogP contribution in [0.15, 0.2) is 52.1 Å². The Labute approximate surface area is 141 Å². The number of carbonyl (C=O) groups is 1. The van der Waals surface area contributed by atoms with E-state index in [4.69, 9.17) is 0 Å². The normalized spacial score (nSPS) is 10.8. The summed E-state index contributed by atoms with van der Waals surface area (Å²) in [5.74, 6) is -0.755. The fourth-order valence-corrected chi connectivity index (χ4v) is 2.55. The fourth-order valence-electron chi connectivity index (χ4n) is 2.55. The van der Waals surface area contributed by atoms with Gasteiger partial charge in [0.05, 0.1) is 10.9 Å². The topological polar surface area (TPSA) is 84.0 Å². The SMILES string of the molecule is Cc1ccc(CNC(=O)Cn2c(=O)[nH]c(=O)c3ccccc32)cc1F. The van der Waals surface area contributed by atoms with Crippen LogP contribution in [0.5, 0.6) is 0 Å². The van der Waals surface area contributed by atoms with Gasteiger partial charge in [0.25, 0.3) is 5.56 Å². The highest BCUT2D eigenvalue weighted by Gasteiger charge is 2.10. The molecule has 3 rings (SSSR count). The van der Waals surface area contributed by atoms with Crippen LogP contribution in [0.3, 0.4) is 0 Å². The molecule has 2 aromatic carbocycles. The van der Waals surface area contributed by atoms with Crippen molar-refractivity contribution in [2.75, 3.05) is 0 Å². The smallest absolute Gasteiger partial charge is 0.329 e. The van der Waals surface area contributed by atoms with Gasteiger partial charge in [0.2, 0.25) is 5.91 Å². The molecule has 25 heavy (non-hydrogen) atoms. The summed E-state index contributed by atoms with van der Waals surface area (Å²) in [5.41, 5.74) is 0.386. The van der Waals surface area contributed by atoms with Crippen LogP contribution in [0.4, 0.5) is 4.39 Å². The monoisotopic (exact) mass is 341 g/mol. The molecule has 0 unspecified atom stereocenters. The van der Waals surface area contributed by atoms with E-state index < -0.39 is 17.2 Å². The summed E-state index contributed by atoms with van der Waals surface area (Å²) >= 11 is 0. The number of nitrogens with zero attached hydrogens (tertiary/aromatic N) is 1. The molecule has 1 amide bonds. The van der Waals surface area contributed by atoms with Gasteiger partial charge < -0.3 is 5.32 Å². The van der Waals surface area contributed by atoms with Gasteiger partial charge in [-0.05, 0) is 36.2 Å². The molecule has 7 heteroatoms. The van der Waals surface area contributed by atoms with E-state index in [0.29, 0.717) is 22.0 Å². The van der Waals surface area contributed by atoms with Gasteiger partial charge in [-0.2, -0.15) is 0 Å². The van der Waals surface area contributed by atoms with E-state index >= 15 is 0 Å². The lowest BCUT2D eigenvalue weighted by Gasteiger charge is -2.10. The predicted octanol–water partition coefficient (Wildman–Crippen LogP) is 1.45. The number of H-pyrrole nitrogens is 1. The number of carbonyl (C=O) groups excluding carboxylic acids is 1. The molecule has 0 aliphatic carbocycles. The molecule has 0 radical (unpaired) electrons. The van der Waals surface area contributed by atoms with E-state index in [2.05, 4.69) is 10.3 Å². The molecule has 0 aliphatic heterocycles. The van der Waals surface area contributed by atoms with Crippen molar-refractivity contribution in [3.05, 3.63) is 80.2 Å². The lowest BCUT2D eigenvalue weighted by atomic mass is 10.1. The largest absolute Gasteiger partial charge is 0.350 e. The first-order chi connectivity index (χ1) is 12.0. The van der Waals surface area contributed by atoms with Crippen LogP contribution < -0.4 is 16.6 Å². The van der Waals surface area contributed by atoms with E-state index in [1.165, 1.54) is 10.6 Å². The highest BCUT2D eigenvalue weighted by atomic mass is 19.1. The van der Waals surface area contributed by atoms with E-state index in [-0.39, 0.29) is 18.9 Å². The maximum Gasteiger partial charge on any atom is 0.329 e. The number of hydrogen-bond acceptors (Lipinski definition) is 3. The van der Waals surface area contributed by atoms with Crippen LogP contribution >= 0.6 is 0 Å². The van der Waals surface area contributed by atoms with Crippen molar-refractivity contribution in [3.8, 4) is 0 Å². The van der Waals surface area contributed by atoms with Gasteiger partial charge in [-0.3, -0.25) is 19.1 Å². The highest BCUT2D eigenvalue weighted by Crippen LogP contribution is 2.09. The van der Waals surface area contributed by atoms with Crippen molar-refractivity contribution >= 4 is 16.8 Å². The summed E-state index contributed by atoms with van der Waals surface area (Å²) in [5, 5.41) is 2.97. The van der Waals surface area contributed by atoms with Crippen LogP contribution in [0.1, 0.15) is 11.1 Å². The molecule has 128 valence electrons. The first-order valence-corrected chi connectivity index (χ1v) is 7.69. The molecular weight excluding hydrogens is 325 g/mol. The maximum absolute atomic E-state index is 13.5. The molecule has 1 heterocycles. The number of nitrogens with one attached hydrogen (secondary N) is 2. The lowest BCUT2D eigenvalue weighted by molar-refractivity contribution is -0.121. The molecule has 6 nitrogen and oxygen atoms in total. The summed E-state index contributed by atoms with van der Waals surface area (Å²) in [6.45, 7) is 1.56. The number of rotatable bonds is 4. The van der Waals surface area contributed by atoms with Crippen molar-refractivity contribution in [2.45, 2.75) is 20.0 Å². The summed E-state index contributed by atoms with van der Waals surface area (Å²) in [6, 6.07) is 11.3. The van der Waals surface area contributed by atoms with Crippen LogP contribution in [0.25, 0.3) is 10.9 Å². The minimum atomic E-state index is -0.653. The number of benzene rings is 2. The first kappa shape index (κ1) is 16.6. The molecule has 0 spiro atoms. The van der Waals surface area contributed by atoms with Crippen molar-refractivity contribution in [1.82, 2.24) is 14.9 Å². The summed E-state index contributed by atoms with van der Waals surface area (Å²) in [6.07, 6.45) is 0. The number of aromatic amines is 1. The molecule has 3 aromatic rings. The Morgan fingerprint density at radius 1 is 1.20 bits per heavy atom. The van der Waals surface area contributed by atoms with Gasteiger partial charge in [0.1, 0.15) is 12.4 Å². The zero-order valence-corrected chi connectivity index (χ0v) is 13.5. The number of hydrogen-bond donors (Lipinski definition) is 2. The molecule has 0 aliphatic rings. The van der Waals surface area contributed by atoms with Gasteiger partial charge in [-0.1, -0.05) is 24.3 Å². The van der Waals surface area contributed by atoms with Gasteiger partial charge in [-0.15, -0.1) is 0 Å². The molecular formula is C18H16FN3O3. The Kier molecular flexibility index (Phi) is 4.47. The number of halogens is 1. The Morgan fingerprint density at radius 3 is 2.72 bits per heavy atom. The Balaban J connectivity index is 1.79. The first-order valence-electron chi connectivity index (χ1n) is 7.69. The van der Waals surface area contributed by atoms with E-state index in [1.807, 2.05) is 0 Å². The highest BCUT2D eigenvalue weighted by molar-refractivity contribution is 5.81. The standard InChI is InChI=1S/C18H16FN3O3/c1-11-6-7-12(8-14(11)19)9-20-16(23)10-22-15-5-3-2-4-13(15)17(24)21-18(22)25/h2-8H,9-10H2,1H3,(H,20,23)(H,21,24,25). The summed E-state index contributed by atoms with van der Waals surface area (Å²) in [7, 11) is 0. The average molecular weight is 341 g/mol. The Hall–Kier alpha value is -3.22. The maximum atomic E-state index is 13.5. The van der Waals surface area contributed by atoms with E-state index in [1.54, 1.807) is 43.3 Å².